The normalized spacial score (nSPS) is 10.8. The van der Waals surface area contributed by atoms with Gasteiger partial charge in [0.1, 0.15) is 11.4 Å². The highest BCUT2D eigenvalue weighted by atomic mass is 32.2. The number of aryl methyl sites for hydroxylation is 1. The molecule has 1 heterocycles. The minimum absolute atomic E-state index is 0.00190. The summed E-state index contributed by atoms with van der Waals surface area (Å²) in [5, 5.41) is 10.5. The van der Waals surface area contributed by atoms with Crippen LogP contribution in [-0.2, 0) is 0 Å². The molecule has 0 bridgehead atoms. The molecule has 0 aliphatic rings. The fourth-order valence-corrected chi connectivity index (χ4v) is 3.73. The maximum absolute atomic E-state index is 12.5. The molecule has 0 aliphatic carbocycles. The van der Waals surface area contributed by atoms with Gasteiger partial charge in [-0.3, -0.25) is 4.79 Å². The largest absolute Gasteiger partial charge is 0.507 e. The Hall–Kier alpha value is -3.31. The third kappa shape index (κ3) is 4.25. The molecule has 0 amide bonds. The number of hydrogen-bond donors (Lipinski definition) is 1. The number of carbonyl (C=O) groups is 1. The molecule has 0 aliphatic heterocycles. The van der Waals surface area contributed by atoms with Crippen LogP contribution in [0.4, 0.5) is 0 Å². The molecule has 0 fully saturated rings. The first-order valence-corrected chi connectivity index (χ1v) is 10.2. The Morgan fingerprint density at radius 3 is 2.28 bits per heavy atom. The number of aromatic hydroxyl groups is 1. The molecule has 1 aromatic heterocycles. The predicted molar refractivity (Wildman–Crippen MR) is 115 cm³/mol. The average molecular weight is 401 g/mol. The minimum atomic E-state index is -0.173. The summed E-state index contributed by atoms with van der Waals surface area (Å²) in [4.78, 5) is 17.2. The number of aromatic nitrogens is 1. The maximum atomic E-state index is 12.5. The van der Waals surface area contributed by atoms with Gasteiger partial charge >= 0.3 is 0 Å². The van der Waals surface area contributed by atoms with Crippen LogP contribution in [0.25, 0.3) is 22.6 Å². The number of hydrogen-bond acceptors (Lipinski definition) is 5. The van der Waals surface area contributed by atoms with Crippen molar-refractivity contribution < 1.29 is 14.3 Å². The van der Waals surface area contributed by atoms with Crippen LogP contribution in [0.15, 0.2) is 88.5 Å². The first-order chi connectivity index (χ1) is 14.1. The summed E-state index contributed by atoms with van der Waals surface area (Å²) in [7, 11) is 0. The predicted octanol–water partition coefficient (Wildman–Crippen LogP) is 6.00. The Morgan fingerprint density at radius 1 is 0.966 bits per heavy atom. The highest BCUT2D eigenvalue weighted by molar-refractivity contribution is 7.99. The summed E-state index contributed by atoms with van der Waals surface area (Å²) in [5.74, 6) is 0.621. The van der Waals surface area contributed by atoms with E-state index in [9.17, 15) is 9.90 Å². The molecule has 4 nitrogen and oxygen atoms in total. The summed E-state index contributed by atoms with van der Waals surface area (Å²) in [6.45, 7) is 1.87. The molecule has 144 valence electrons. The number of rotatable bonds is 6. The van der Waals surface area contributed by atoms with E-state index in [2.05, 4.69) is 4.98 Å². The Morgan fingerprint density at radius 2 is 1.62 bits per heavy atom. The third-order valence-electron chi connectivity index (χ3n) is 4.47. The number of carbonyl (C=O) groups excluding carboxylic acids is 1. The Balaban J connectivity index is 1.61. The van der Waals surface area contributed by atoms with Crippen LogP contribution in [0.5, 0.6) is 5.75 Å². The van der Waals surface area contributed by atoms with Crippen LogP contribution in [0, 0.1) is 6.92 Å². The number of benzene rings is 3. The SMILES string of the molecule is Cc1ccc(C(=O)CSc2nc(-c3ccccc3)c(-c3ccccc3)o2)c(O)c1. The van der Waals surface area contributed by atoms with Crippen LogP contribution in [0.3, 0.4) is 0 Å². The lowest BCUT2D eigenvalue weighted by molar-refractivity contribution is 0.101. The van der Waals surface area contributed by atoms with E-state index in [1.165, 1.54) is 11.8 Å². The molecular formula is C24H19NO3S. The number of phenols is 1. The molecule has 0 saturated heterocycles. The summed E-state index contributed by atoms with van der Waals surface area (Å²) in [6, 6.07) is 24.6. The van der Waals surface area contributed by atoms with E-state index in [1.807, 2.05) is 73.7 Å². The van der Waals surface area contributed by atoms with E-state index in [-0.39, 0.29) is 17.3 Å². The van der Waals surface area contributed by atoms with Gasteiger partial charge in [0.05, 0.1) is 11.3 Å². The summed E-state index contributed by atoms with van der Waals surface area (Å²) >= 11 is 1.22. The topological polar surface area (TPSA) is 63.3 Å². The molecule has 0 unspecified atom stereocenters. The minimum Gasteiger partial charge on any atom is -0.507 e. The summed E-state index contributed by atoms with van der Waals surface area (Å²) < 4.78 is 6.03. The van der Waals surface area contributed by atoms with E-state index in [0.29, 0.717) is 16.5 Å². The van der Waals surface area contributed by atoms with E-state index in [4.69, 9.17) is 4.42 Å². The van der Waals surface area contributed by atoms with Crippen LogP contribution in [0.1, 0.15) is 15.9 Å². The Bertz CT molecular complexity index is 1080. The first-order valence-electron chi connectivity index (χ1n) is 9.19. The van der Waals surface area contributed by atoms with Gasteiger partial charge in [-0.25, -0.2) is 4.98 Å². The lowest BCUT2D eigenvalue weighted by Gasteiger charge is -2.03. The van der Waals surface area contributed by atoms with Crippen molar-refractivity contribution in [3.05, 3.63) is 90.0 Å². The molecule has 0 atom stereocenters. The molecule has 0 spiro atoms. The monoisotopic (exact) mass is 401 g/mol. The first kappa shape index (κ1) is 19.0. The molecule has 3 aromatic carbocycles. The van der Waals surface area contributed by atoms with Crippen molar-refractivity contribution >= 4 is 17.5 Å². The van der Waals surface area contributed by atoms with Crippen molar-refractivity contribution in [2.24, 2.45) is 0 Å². The van der Waals surface area contributed by atoms with Crippen molar-refractivity contribution in [3.8, 4) is 28.3 Å². The van der Waals surface area contributed by atoms with Gasteiger partial charge in [-0.15, -0.1) is 0 Å². The van der Waals surface area contributed by atoms with E-state index in [1.54, 1.807) is 12.1 Å². The van der Waals surface area contributed by atoms with Gasteiger partial charge in [-0.1, -0.05) is 78.5 Å². The fourth-order valence-electron chi connectivity index (χ4n) is 3.02. The van der Waals surface area contributed by atoms with Gasteiger partial charge in [-0.2, -0.15) is 0 Å². The van der Waals surface area contributed by atoms with Gasteiger partial charge in [-0.05, 0) is 24.6 Å². The molecule has 0 saturated carbocycles. The second-order valence-corrected chi connectivity index (χ2v) is 7.55. The second-order valence-electron chi connectivity index (χ2n) is 6.62. The zero-order valence-corrected chi connectivity index (χ0v) is 16.6. The van der Waals surface area contributed by atoms with Crippen LogP contribution >= 0.6 is 11.8 Å². The highest BCUT2D eigenvalue weighted by Gasteiger charge is 2.19. The van der Waals surface area contributed by atoms with Crippen molar-refractivity contribution in [1.29, 1.82) is 0 Å². The van der Waals surface area contributed by atoms with Crippen molar-refractivity contribution in [2.45, 2.75) is 12.1 Å². The van der Waals surface area contributed by atoms with E-state index in [0.717, 1.165) is 22.4 Å². The number of thioether (sulfide) groups is 1. The molecule has 4 rings (SSSR count). The highest BCUT2D eigenvalue weighted by Crippen LogP contribution is 2.35. The van der Waals surface area contributed by atoms with Crippen molar-refractivity contribution in [3.63, 3.8) is 0 Å². The molecule has 5 heteroatoms. The van der Waals surface area contributed by atoms with Gasteiger partial charge < -0.3 is 9.52 Å². The number of nitrogens with zero attached hydrogens (tertiary/aromatic N) is 1. The number of oxazole rings is 1. The lowest BCUT2D eigenvalue weighted by atomic mass is 10.1. The standard InChI is InChI=1S/C24H19NO3S/c1-16-12-13-19(20(26)14-16)21(27)15-29-24-25-22(17-8-4-2-5-9-17)23(28-24)18-10-6-3-7-11-18/h2-14,26H,15H2,1H3. The smallest absolute Gasteiger partial charge is 0.257 e. The zero-order chi connectivity index (χ0) is 20.2. The number of ketones is 1. The van der Waals surface area contributed by atoms with Gasteiger partial charge in [0.2, 0.25) is 0 Å². The van der Waals surface area contributed by atoms with Crippen LogP contribution < -0.4 is 0 Å². The van der Waals surface area contributed by atoms with Gasteiger partial charge in [0.25, 0.3) is 5.22 Å². The lowest BCUT2D eigenvalue weighted by Crippen LogP contribution is -2.02. The summed E-state index contributed by atoms with van der Waals surface area (Å²) in [5.41, 5.74) is 3.82. The summed E-state index contributed by atoms with van der Waals surface area (Å²) in [6.07, 6.45) is 0. The van der Waals surface area contributed by atoms with E-state index < -0.39 is 0 Å². The Kier molecular flexibility index (Phi) is 5.49. The van der Waals surface area contributed by atoms with Crippen LogP contribution in [-0.4, -0.2) is 21.6 Å². The maximum Gasteiger partial charge on any atom is 0.257 e. The van der Waals surface area contributed by atoms with Crippen molar-refractivity contribution in [1.82, 2.24) is 4.98 Å². The third-order valence-corrected chi connectivity index (χ3v) is 5.30. The molecule has 1 N–H and O–H groups in total. The number of Topliss-reactive ketones (excluding diaryl/α,β-unsaturated/α-hetero) is 1. The van der Waals surface area contributed by atoms with Gasteiger partial charge in [0.15, 0.2) is 11.5 Å². The van der Waals surface area contributed by atoms with Crippen molar-refractivity contribution in [2.75, 3.05) is 5.75 Å². The molecule has 4 aromatic rings. The molecule has 29 heavy (non-hydrogen) atoms. The molecule has 0 radical (unpaired) electrons. The van der Waals surface area contributed by atoms with Crippen LogP contribution in [0.2, 0.25) is 0 Å². The fraction of sp³-hybridized carbons (Fsp3) is 0.0833. The quantitative estimate of drug-likeness (QED) is 0.317. The van der Waals surface area contributed by atoms with Gasteiger partial charge in [0, 0.05) is 11.1 Å². The second kappa shape index (κ2) is 8.37. The van der Waals surface area contributed by atoms with E-state index >= 15 is 0 Å². The number of phenolic OH excluding ortho intramolecular Hbond substituents is 1. The average Bonchev–Trinajstić information content (AvgIpc) is 3.18. The molecular weight excluding hydrogens is 382 g/mol. The zero-order valence-electron chi connectivity index (χ0n) is 15.8. The Labute approximate surface area is 173 Å².